The van der Waals surface area contributed by atoms with Gasteiger partial charge >= 0.3 is 0 Å². The number of nitrogens with one attached hydrogen (secondary N) is 1. The average molecular weight is 285 g/mol. The van der Waals surface area contributed by atoms with Crippen LogP contribution in [0.2, 0.25) is 0 Å². The number of thiophene rings is 1. The number of aryl methyl sites for hydroxylation is 1. The smallest absolute Gasteiger partial charge is 0.108 e. The Morgan fingerprint density at radius 2 is 2.10 bits per heavy atom. The normalized spacial score (nSPS) is 12.9. The molecule has 3 heteroatoms. The van der Waals surface area contributed by atoms with Crippen LogP contribution in [0.25, 0.3) is 10.1 Å². The first-order valence-corrected chi connectivity index (χ1v) is 7.90. The van der Waals surface area contributed by atoms with E-state index in [1.807, 2.05) is 18.4 Å². The maximum Gasteiger partial charge on any atom is 0.108 e. The van der Waals surface area contributed by atoms with E-state index in [1.165, 1.54) is 21.2 Å². The molecule has 1 unspecified atom stereocenters. The van der Waals surface area contributed by atoms with E-state index in [0.29, 0.717) is 6.04 Å². The van der Waals surface area contributed by atoms with E-state index in [0.717, 1.165) is 18.6 Å². The van der Waals surface area contributed by atoms with E-state index in [9.17, 15) is 0 Å². The second-order valence-corrected chi connectivity index (χ2v) is 5.87. The van der Waals surface area contributed by atoms with Crippen molar-refractivity contribution in [2.75, 3.05) is 7.05 Å². The lowest BCUT2D eigenvalue weighted by atomic mass is 9.98. The second-order valence-electron chi connectivity index (χ2n) is 4.96. The first-order chi connectivity index (χ1) is 9.83. The topological polar surface area (TPSA) is 25.2 Å². The molecule has 0 bridgehead atoms. The van der Waals surface area contributed by atoms with Gasteiger partial charge in [-0.2, -0.15) is 0 Å². The van der Waals surface area contributed by atoms with Crippen molar-refractivity contribution in [2.45, 2.75) is 25.8 Å². The Morgan fingerprint density at radius 3 is 2.90 bits per heavy atom. The van der Waals surface area contributed by atoms with Crippen LogP contribution in [-0.2, 0) is 12.8 Å². The Hall–Kier alpha value is -1.58. The van der Waals surface area contributed by atoms with Crippen molar-refractivity contribution in [1.29, 1.82) is 0 Å². The molecule has 0 saturated heterocycles. The van der Waals surface area contributed by atoms with Gasteiger partial charge in [-0.3, -0.25) is 0 Å². The summed E-state index contributed by atoms with van der Waals surface area (Å²) in [4.78, 5) is 0. The van der Waals surface area contributed by atoms with Gasteiger partial charge in [0.15, 0.2) is 0 Å². The van der Waals surface area contributed by atoms with Crippen LogP contribution in [0.3, 0.4) is 0 Å². The predicted octanol–water partition coefficient (Wildman–Crippen LogP) is 4.56. The van der Waals surface area contributed by atoms with Gasteiger partial charge in [-0.1, -0.05) is 25.1 Å². The molecule has 0 spiro atoms. The van der Waals surface area contributed by atoms with Crippen molar-refractivity contribution >= 4 is 21.4 Å². The molecule has 1 atom stereocenters. The minimum absolute atomic E-state index is 0.307. The Balaban J connectivity index is 1.92. The van der Waals surface area contributed by atoms with Crippen molar-refractivity contribution in [1.82, 2.24) is 5.32 Å². The number of likely N-dealkylation sites (N-methyl/N-ethyl adjacent to an activating group) is 1. The highest BCUT2D eigenvalue weighted by Crippen LogP contribution is 2.30. The van der Waals surface area contributed by atoms with Crippen LogP contribution in [0, 0.1) is 0 Å². The Bertz CT molecular complexity index is 698. The summed E-state index contributed by atoms with van der Waals surface area (Å²) >= 11 is 1.82. The van der Waals surface area contributed by atoms with Gasteiger partial charge in [-0.05, 0) is 41.9 Å². The zero-order valence-corrected chi connectivity index (χ0v) is 12.7. The molecule has 3 rings (SSSR count). The Kier molecular flexibility index (Phi) is 3.90. The Morgan fingerprint density at radius 1 is 1.25 bits per heavy atom. The van der Waals surface area contributed by atoms with Gasteiger partial charge < -0.3 is 9.73 Å². The largest absolute Gasteiger partial charge is 0.469 e. The molecule has 0 aliphatic rings. The van der Waals surface area contributed by atoms with Gasteiger partial charge in [0.05, 0.1) is 6.26 Å². The molecule has 0 aliphatic heterocycles. The number of hydrogen-bond acceptors (Lipinski definition) is 3. The number of benzene rings is 1. The first kappa shape index (κ1) is 13.4. The fourth-order valence-corrected chi connectivity index (χ4v) is 3.70. The molecule has 0 fully saturated rings. The number of fused-ring (bicyclic) bond motifs is 1. The summed E-state index contributed by atoms with van der Waals surface area (Å²) < 4.78 is 6.93. The second kappa shape index (κ2) is 5.81. The molecule has 2 aromatic heterocycles. The Labute approximate surface area is 123 Å². The van der Waals surface area contributed by atoms with E-state index in [2.05, 4.69) is 48.0 Å². The molecule has 0 saturated carbocycles. The summed E-state index contributed by atoms with van der Waals surface area (Å²) in [5.41, 5.74) is 2.69. The highest BCUT2D eigenvalue weighted by atomic mass is 32.1. The lowest BCUT2D eigenvalue weighted by molar-refractivity contribution is 0.495. The van der Waals surface area contributed by atoms with Crippen molar-refractivity contribution in [3.8, 4) is 0 Å². The number of hydrogen-bond donors (Lipinski definition) is 1. The van der Waals surface area contributed by atoms with E-state index in [-0.39, 0.29) is 0 Å². The first-order valence-electron chi connectivity index (χ1n) is 7.02. The lowest BCUT2D eigenvalue weighted by Gasteiger charge is -2.16. The van der Waals surface area contributed by atoms with Crippen molar-refractivity contribution in [3.05, 3.63) is 58.9 Å². The SMILES string of the molecule is CCc1occc1C(Cc1csc2ccccc12)NC. The molecule has 2 nitrogen and oxygen atoms in total. The third-order valence-corrected chi connectivity index (χ3v) is 4.82. The maximum atomic E-state index is 5.57. The molecular weight excluding hydrogens is 266 g/mol. The minimum atomic E-state index is 0.307. The monoisotopic (exact) mass is 285 g/mol. The molecule has 20 heavy (non-hydrogen) atoms. The maximum absolute atomic E-state index is 5.57. The van der Waals surface area contributed by atoms with E-state index >= 15 is 0 Å². The molecule has 0 radical (unpaired) electrons. The minimum Gasteiger partial charge on any atom is -0.469 e. The van der Waals surface area contributed by atoms with Crippen LogP contribution in [0.4, 0.5) is 0 Å². The van der Waals surface area contributed by atoms with Gasteiger partial charge in [0, 0.05) is 22.7 Å². The lowest BCUT2D eigenvalue weighted by Crippen LogP contribution is -2.19. The van der Waals surface area contributed by atoms with Crippen LogP contribution in [0.5, 0.6) is 0 Å². The third kappa shape index (κ3) is 2.39. The fourth-order valence-electron chi connectivity index (χ4n) is 2.73. The zero-order valence-electron chi connectivity index (χ0n) is 11.8. The number of furan rings is 1. The molecule has 104 valence electrons. The summed E-state index contributed by atoms with van der Waals surface area (Å²) in [7, 11) is 2.02. The van der Waals surface area contributed by atoms with Crippen molar-refractivity contribution in [3.63, 3.8) is 0 Å². The molecule has 1 N–H and O–H groups in total. The summed E-state index contributed by atoms with van der Waals surface area (Å²) in [6.07, 6.45) is 3.72. The third-order valence-electron chi connectivity index (χ3n) is 3.81. The standard InChI is InChI=1S/C17H19NOS/c1-3-16-14(8-9-19-16)15(18-2)10-12-11-20-17-7-5-4-6-13(12)17/h4-9,11,15,18H,3,10H2,1-2H3. The predicted molar refractivity (Wildman–Crippen MR) is 85.4 cm³/mol. The number of rotatable bonds is 5. The molecule has 1 aromatic carbocycles. The van der Waals surface area contributed by atoms with Crippen molar-refractivity contribution in [2.24, 2.45) is 0 Å². The van der Waals surface area contributed by atoms with Crippen molar-refractivity contribution < 1.29 is 4.42 Å². The van der Waals surface area contributed by atoms with E-state index in [1.54, 1.807) is 6.26 Å². The van der Waals surface area contributed by atoms with Gasteiger partial charge in [0.2, 0.25) is 0 Å². The quantitative estimate of drug-likeness (QED) is 0.743. The highest BCUT2D eigenvalue weighted by molar-refractivity contribution is 7.17. The van der Waals surface area contributed by atoms with Gasteiger partial charge in [0.1, 0.15) is 5.76 Å². The van der Waals surface area contributed by atoms with Gasteiger partial charge in [-0.15, -0.1) is 11.3 Å². The van der Waals surface area contributed by atoms with E-state index < -0.39 is 0 Å². The molecule has 3 aromatic rings. The average Bonchev–Trinajstić information content (AvgIpc) is 3.11. The highest BCUT2D eigenvalue weighted by Gasteiger charge is 2.17. The van der Waals surface area contributed by atoms with Gasteiger partial charge in [-0.25, -0.2) is 0 Å². The summed E-state index contributed by atoms with van der Waals surface area (Å²) in [6.45, 7) is 2.13. The van der Waals surface area contributed by atoms with Crippen LogP contribution in [0.15, 0.2) is 46.4 Å². The molecular formula is C17H19NOS. The van der Waals surface area contributed by atoms with Gasteiger partial charge in [0.25, 0.3) is 0 Å². The fraction of sp³-hybridized carbons (Fsp3) is 0.294. The van der Waals surface area contributed by atoms with Crippen LogP contribution in [-0.4, -0.2) is 7.05 Å². The van der Waals surface area contributed by atoms with Crippen LogP contribution in [0.1, 0.15) is 29.9 Å². The molecule has 0 aliphatic carbocycles. The van der Waals surface area contributed by atoms with Crippen LogP contribution < -0.4 is 5.32 Å². The summed E-state index contributed by atoms with van der Waals surface area (Å²) in [5, 5.41) is 7.08. The molecule has 2 heterocycles. The summed E-state index contributed by atoms with van der Waals surface area (Å²) in [5.74, 6) is 1.09. The molecule has 0 amide bonds. The zero-order chi connectivity index (χ0) is 13.9. The van der Waals surface area contributed by atoms with E-state index in [4.69, 9.17) is 4.42 Å². The van der Waals surface area contributed by atoms with Crippen LogP contribution >= 0.6 is 11.3 Å². The summed E-state index contributed by atoms with van der Waals surface area (Å²) in [6, 6.07) is 11.0.